The summed E-state index contributed by atoms with van der Waals surface area (Å²) in [5.41, 5.74) is 4.69. The Morgan fingerprint density at radius 3 is 2.74 bits per heavy atom. The minimum Gasteiger partial charge on any atom is -0.494 e. The molecule has 0 saturated heterocycles. The zero-order valence-corrected chi connectivity index (χ0v) is 11.4. The number of benzene rings is 1. The third kappa shape index (κ3) is 3.23. The average Bonchev–Trinajstić information content (AvgIpc) is 2.44. The molecule has 5 heteroatoms. The Hall–Kier alpha value is -1.62. The van der Waals surface area contributed by atoms with E-state index in [1.807, 2.05) is 37.3 Å². The predicted molar refractivity (Wildman–Crippen MR) is 76.0 cm³/mol. The van der Waals surface area contributed by atoms with E-state index in [0.717, 1.165) is 16.9 Å². The van der Waals surface area contributed by atoms with Crippen molar-refractivity contribution >= 4 is 11.6 Å². The lowest BCUT2D eigenvalue weighted by molar-refractivity contribution is 0.333. The summed E-state index contributed by atoms with van der Waals surface area (Å²) in [6, 6.07) is 11.2. The quantitative estimate of drug-likeness (QED) is 0.501. The van der Waals surface area contributed by atoms with E-state index in [4.69, 9.17) is 22.2 Å². The zero-order chi connectivity index (χ0) is 13.7. The second-order valence-corrected chi connectivity index (χ2v) is 4.37. The molecule has 1 atom stereocenters. The van der Waals surface area contributed by atoms with Gasteiger partial charge >= 0.3 is 0 Å². The molecule has 4 nitrogen and oxygen atoms in total. The van der Waals surface area contributed by atoms with Crippen LogP contribution in [0.4, 0.5) is 0 Å². The van der Waals surface area contributed by atoms with Gasteiger partial charge in [0.25, 0.3) is 0 Å². The van der Waals surface area contributed by atoms with Gasteiger partial charge in [0.2, 0.25) is 0 Å². The van der Waals surface area contributed by atoms with Gasteiger partial charge in [-0.3, -0.25) is 5.84 Å². The number of hydrogen-bond acceptors (Lipinski definition) is 4. The molecule has 1 aromatic carbocycles. The molecule has 0 bridgehead atoms. The monoisotopic (exact) mass is 277 g/mol. The second-order valence-electron chi connectivity index (χ2n) is 3.98. The van der Waals surface area contributed by atoms with E-state index in [2.05, 4.69) is 10.4 Å². The van der Waals surface area contributed by atoms with Crippen LogP contribution in [0.3, 0.4) is 0 Å². The number of ether oxygens (including phenoxy) is 1. The fourth-order valence-corrected chi connectivity index (χ4v) is 2.04. The molecule has 1 unspecified atom stereocenters. The summed E-state index contributed by atoms with van der Waals surface area (Å²) in [4.78, 5) is 4.08. The van der Waals surface area contributed by atoms with Crippen LogP contribution in [-0.4, -0.2) is 11.6 Å². The molecule has 0 aliphatic rings. The van der Waals surface area contributed by atoms with Crippen LogP contribution >= 0.6 is 11.6 Å². The summed E-state index contributed by atoms with van der Waals surface area (Å²) < 4.78 is 5.62. The molecule has 0 saturated carbocycles. The van der Waals surface area contributed by atoms with Gasteiger partial charge in [-0.2, -0.15) is 0 Å². The molecule has 0 radical (unpaired) electrons. The van der Waals surface area contributed by atoms with Crippen LogP contribution in [0.5, 0.6) is 5.75 Å². The van der Waals surface area contributed by atoms with Crippen molar-refractivity contribution in [3.63, 3.8) is 0 Å². The number of nitrogens with zero attached hydrogens (tertiary/aromatic N) is 1. The summed E-state index contributed by atoms with van der Waals surface area (Å²) in [6.45, 7) is 2.55. The smallest absolute Gasteiger partial charge is 0.129 e. The van der Waals surface area contributed by atoms with Gasteiger partial charge < -0.3 is 4.74 Å². The summed E-state index contributed by atoms with van der Waals surface area (Å²) in [5.74, 6) is 6.48. The number of para-hydroxylation sites is 1. The molecule has 0 aliphatic heterocycles. The minimum absolute atomic E-state index is 0.187. The SMILES string of the molecule is CCOc1ccccc1C(NN)c1ccc(Cl)nc1. The first-order chi connectivity index (χ1) is 9.26. The molecule has 0 amide bonds. The van der Waals surface area contributed by atoms with Crippen molar-refractivity contribution in [2.45, 2.75) is 13.0 Å². The number of aromatic nitrogens is 1. The number of hydrazine groups is 1. The Labute approximate surface area is 117 Å². The van der Waals surface area contributed by atoms with E-state index in [9.17, 15) is 0 Å². The van der Waals surface area contributed by atoms with Crippen LogP contribution in [0, 0.1) is 0 Å². The van der Waals surface area contributed by atoms with Crippen molar-refractivity contribution in [3.8, 4) is 5.75 Å². The highest BCUT2D eigenvalue weighted by Gasteiger charge is 2.17. The molecular weight excluding hydrogens is 262 g/mol. The summed E-state index contributed by atoms with van der Waals surface area (Å²) >= 11 is 5.80. The Morgan fingerprint density at radius 2 is 2.11 bits per heavy atom. The van der Waals surface area contributed by atoms with Gasteiger partial charge in [0.15, 0.2) is 0 Å². The largest absolute Gasteiger partial charge is 0.494 e. The number of hydrogen-bond donors (Lipinski definition) is 2. The average molecular weight is 278 g/mol. The number of nitrogens with one attached hydrogen (secondary N) is 1. The first-order valence-corrected chi connectivity index (χ1v) is 6.43. The van der Waals surface area contributed by atoms with E-state index in [-0.39, 0.29) is 6.04 Å². The van der Waals surface area contributed by atoms with E-state index >= 15 is 0 Å². The summed E-state index contributed by atoms with van der Waals surface area (Å²) in [5, 5.41) is 0.456. The molecule has 3 N–H and O–H groups in total. The van der Waals surface area contributed by atoms with Crippen LogP contribution in [0.1, 0.15) is 24.1 Å². The Balaban J connectivity index is 2.39. The Kier molecular flexibility index (Phi) is 4.74. The van der Waals surface area contributed by atoms with Crippen LogP contribution in [0.15, 0.2) is 42.6 Å². The van der Waals surface area contributed by atoms with Gasteiger partial charge in [0.05, 0.1) is 12.6 Å². The summed E-state index contributed by atoms with van der Waals surface area (Å²) in [7, 11) is 0. The van der Waals surface area contributed by atoms with Gasteiger partial charge in [-0.25, -0.2) is 10.4 Å². The zero-order valence-electron chi connectivity index (χ0n) is 10.6. The van der Waals surface area contributed by atoms with Crippen molar-refractivity contribution in [1.29, 1.82) is 0 Å². The Bertz CT molecular complexity index is 530. The molecule has 0 aliphatic carbocycles. The molecule has 100 valence electrons. The first kappa shape index (κ1) is 13.8. The lowest BCUT2D eigenvalue weighted by Gasteiger charge is -2.19. The van der Waals surface area contributed by atoms with Crippen molar-refractivity contribution in [1.82, 2.24) is 10.4 Å². The van der Waals surface area contributed by atoms with E-state index < -0.39 is 0 Å². The van der Waals surface area contributed by atoms with Crippen molar-refractivity contribution in [3.05, 3.63) is 58.9 Å². The van der Waals surface area contributed by atoms with E-state index in [1.54, 1.807) is 12.3 Å². The molecule has 19 heavy (non-hydrogen) atoms. The topological polar surface area (TPSA) is 60.2 Å². The van der Waals surface area contributed by atoms with Gasteiger partial charge in [-0.05, 0) is 24.6 Å². The second kappa shape index (κ2) is 6.52. The third-order valence-electron chi connectivity index (χ3n) is 2.78. The van der Waals surface area contributed by atoms with Crippen LogP contribution < -0.4 is 16.0 Å². The lowest BCUT2D eigenvalue weighted by Crippen LogP contribution is -2.29. The highest BCUT2D eigenvalue weighted by atomic mass is 35.5. The molecule has 2 rings (SSSR count). The fourth-order valence-electron chi connectivity index (χ4n) is 1.93. The van der Waals surface area contributed by atoms with Crippen LogP contribution in [0.25, 0.3) is 0 Å². The van der Waals surface area contributed by atoms with E-state index in [1.165, 1.54) is 0 Å². The Morgan fingerprint density at radius 1 is 1.32 bits per heavy atom. The third-order valence-corrected chi connectivity index (χ3v) is 3.00. The lowest BCUT2D eigenvalue weighted by atomic mass is 10.00. The van der Waals surface area contributed by atoms with Crippen LogP contribution in [0.2, 0.25) is 5.15 Å². The maximum Gasteiger partial charge on any atom is 0.129 e. The molecule has 2 aromatic rings. The summed E-state index contributed by atoms with van der Waals surface area (Å²) in [6.07, 6.45) is 1.70. The molecule has 1 aromatic heterocycles. The van der Waals surface area contributed by atoms with E-state index in [0.29, 0.717) is 11.8 Å². The van der Waals surface area contributed by atoms with Gasteiger partial charge in [0.1, 0.15) is 10.9 Å². The number of pyridine rings is 1. The fraction of sp³-hybridized carbons (Fsp3) is 0.214. The number of rotatable bonds is 5. The number of halogens is 1. The van der Waals surface area contributed by atoms with Crippen molar-refractivity contribution in [2.75, 3.05) is 6.61 Å². The highest BCUT2D eigenvalue weighted by Crippen LogP contribution is 2.29. The van der Waals surface area contributed by atoms with Gasteiger partial charge in [-0.1, -0.05) is 35.9 Å². The molecule has 0 fully saturated rings. The minimum atomic E-state index is -0.187. The molecule has 0 spiro atoms. The van der Waals surface area contributed by atoms with Crippen molar-refractivity contribution in [2.24, 2.45) is 5.84 Å². The first-order valence-electron chi connectivity index (χ1n) is 6.05. The predicted octanol–water partition coefficient (Wildman–Crippen LogP) is 2.69. The normalized spacial score (nSPS) is 12.2. The number of nitrogens with two attached hydrogens (primary N) is 1. The van der Waals surface area contributed by atoms with Crippen LogP contribution in [-0.2, 0) is 0 Å². The molecule has 1 heterocycles. The highest BCUT2D eigenvalue weighted by molar-refractivity contribution is 6.29. The standard InChI is InChI=1S/C14H16ClN3O/c1-2-19-12-6-4-3-5-11(12)14(18-16)10-7-8-13(15)17-9-10/h3-9,14,18H,2,16H2,1H3. The van der Waals surface area contributed by atoms with Crippen molar-refractivity contribution < 1.29 is 4.74 Å². The maximum absolute atomic E-state index is 5.80. The van der Waals surface area contributed by atoms with Gasteiger partial charge in [0, 0.05) is 11.8 Å². The maximum atomic E-state index is 5.80. The van der Waals surface area contributed by atoms with Gasteiger partial charge in [-0.15, -0.1) is 0 Å². The molecular formula is C14H16ClN3O.